The zero-order chi connectivity index (χ0) is 31.1. The summed E-state index contributed by atoms with van der Waals surface area (Å²) < 4.78 is 0. The van der Waals surface area contributed by atoms with Gasteiger partial charge >= 0.3 is 0 Å². The standard InChI is InChI=1S/C34H14N8O4/c43-31-27-23(35-9-11-37-27)25-29(33(31)45)41-19(13-39-25)21-15-5-1-2-6-16(15)22(18-8-4-3-7-17(18)21)20-14-40-26-24-28(38-12-10-36-24)32(44)34(46)30(26)42-20/h1-14H. The lowest BCUT2D eigenvalue weighted by Crippen LogP contribution is -2.25. The van der Waals surface area contributed by atoms with Crippen molar-refractivity contribution in [2.75, 3.05) is 0 Å². The van der Waals surface area contributed by atoms with Crippen molar-refractivity contribution < 1.29 is 19.2 Å². The molecule has 0 bridgehead atoms. The van der Waals surface area contributed by atoms with Gasteiger partial charge in [0.05, 0.1) is 23.8 Å². The highest BCUT2D eigenvalue weighted by Crippen LogP contribution is 2.43. The van der Waals surface area contributed by atoms with E-state index in [0.717, 1.165) is 21.5 Å². The summed E-state index contributed by atoms with van der Waals surface area (Å²) in [5.74, 6) is -3.20. The van der Waals surface area contributed by atoms with Crippen molar-refractivity contribution in [3.05, 3.63) is 108 Å². The van der Waals surface area contributed by atoms with E-state index in [-0.39, 0.29) is 45.6 Å². The third-order valence-electron chi connectivity index (χ3n) is 8.11. The molecule has 0 aliphatic heterocycles. The number of benzene rings is 3. The third kappa shape index (κ3) is 3.43. The molecule has 214 valence electrons. The molecule has 0 unspecified atom stereocenters. The molecule has 0 spiro atoms. The summed E-state index contributed by atoms with van der Waals surface area (Å²) in [5, 5.41) is 2.99. The average Bonchev–Trinajstić information content (AvgIpc) is 3.11. The van der Waals surface area contributed by atoms with Crippen LogP contribution in [0.3, 0.4) is 0 Å². The minimum atomic E-state index is -0.808. The van der Waals surface area contributed by atoms with Crippen molar-refractivity contribution in [1.29, 1.82) is 0 Å². The molecule has 2 aliphatic carbocycles. The molecular weight excluding hydrogens is 584 g/mol. The molecule has 3 aromatic carbocycles. The number of fused-ring (bicyclic) bond motifs is 8. The molecule has 2 aliphatic rings. The number of hydrogen-bond acceptors (Lipinski definition) is 12. The number of carbonyl (C=O) groups is 4. The Morgan fingerprint density at radius 1 is 0.348 bits per heavy atom. The Bertz CT molecular complexity index is 2350. The highest BCUT2D eigenvalue weighted by Gasteiger charge is 2.37. The van der Waals surface area contributed by atoms with Crippen LogP contribution < -0.4 is 0 Å². The number of ketones is 4. The van der Waals surface area contributed by atoms with Gasteiger partial charge in [-0.25, -0.2) is 29.9 Å². The quantitative estimate of drug-likeness (QED) is 0.201. The van der Waals surface area contributed by atoms with Crippen LogP contribution in [0, 0.1) is 0 Å². The Hall–Kier alpha value is -6.82. The van der Waals surface area contributed by atoms with Crippen molar-refractivity contribution in [3.63, 3.8) is 0 Å². The summed E-state index contributed by atoms with van der Waals surface area (Å²) in [5.41, 5.74) is 2.60. The first-order valence-electron chi connectivity index (χ1n) is 14.0. The predicted molar refractivity (Wildman–Crippen MR) is 163 cm³/mol. The zero-order valence-electron chi connectivity index (χ0n) is 23.3. The number of Topliss-reactive ketones (excluding diaryl/α,β-unsaturated/α-hetero) is 4. The molecule has 0 atom stereocenters. The highest BCUT2D eigenvalue weighted by atomic mass is 16.2. The van der Waals surface area contributed by atoms with E-state index in [1.807, 2.05) is 48.5 Å². The third-order valence-corrected chi connectivity index (χ3v) is 8.11. The second-order valence-electron chi connectivity index (χ2n) is 10.6. The fourth-order valence-electron chi connectivity index (χ4n) is 6.15. The van der Waals surface area contributed by atoms with Gasteiger partial charge in [-0.15, -0.1) is 0 Å². The number of rotatable bonds is 2. The Balaban J connectivity index is 1.30. The second-order valence-corrected chi connectivity index (χ2v) is 10.6. The molecule has 9 rings (SSSR count). The van der Waals surface area contributed by atoms with Gasteiger partial charge in [0.1, 0.15) is 45.6 Å². The van der Waals surface area contributed by atoms with E-state index < -0.39 is 23.1 Å². The number of carbonyl (C=O) groups excluding carboxylic acids is 4. The summed E-state index contributed by atoms with van der Waals surface area (Å²) >= 11 is 0. The van der Waals surface area contributed by atoms with Crippen molar-refractivity contribution in [2.24, 2.45) is 0 Å². The molecule has 0 saturated heterocycles. The van der Waals surface area contributed by atoms with Crippen molar-refractivity contribution in [1.82, 2.24) is 39.9 Å². The molecule has 0 radical (unpaired) electrons. The monoisotopic (exact) mass is 598 g/mol. The Morgan fingerprint density at radius 2 is 0.652 bits per heavy atom. The molecule has 7 aromatic rings. The first kappa shape index (κ1) is 25.7. The maximum Gasteiger partial charge on any atom is 0.255 e. The number of aromatic nitrogens is 8. The maximum atomic E-state index is 13.2. The average molecular weight is 599 g/mol. The molecular formula is C34H14N8O4. The molecule has 46 heavy (non-hydrogen) atoms. The topological polar surface area (TPSA) is 171 Å². The fraction of sp³-hybridized carbons (Fsp3) is 0. The first-order valence-corrected chi connectivity index (χ1v) is 14.0. The van der Waals surface area contributed by atoms with E-state index in [9.17, 15) is 19.2 Å². The van der Waals surface area contributed by atoms with Crippen molar-refractivity contribution >= 4 is 44.7 Å². The Labute approximate surface area is 257 Å². The van der Waals surface area contributed by atoms with Crippen LogP contribution in [0.25, 0.3) is 66.8 Å². The molecule has 12 heteroatoms. The molecule has 0 saturated carbocycles. The van der Waals surface area contributed by atoms with Gasteiger partial charge < -0.3 is 0 Å². The van der Waals surface area contributed by atoms with E-state index >= 15 is 0 Å². The fourth-order valence-corrected chi connectivity index (χ4v) is 6.15. The smallest absolute Gasteiger partial charge is 0.255 e. The number of hydrogen-bond donors (Lipinski definition) is 0. The van der Waals surface area contributed by atoms with E-state index in [1.165, 1.54) is 24.8 Å². The molecule has 4 heterocycles. The Kier molecular flexibility index (Phi) is 5.21. The lowest BCUT2D eigenvalue weighted by molar-refractivity contribution is 0.0808. The minimum absolute atomic E-state index is 0.0517. The SMILES string of the molecule is O=C1C(=O)c2nc(-c3c4ccccc4c(-c4cnc5c(n4)C(=O)C(=O)c4nccnc4-5)c4ccccc34)cnc2-c2nccnc21. The summed E-state index contributed by atoms with van der Waals surface area (Å²) in [7, 11) is 0. The largest absolute Gasteiger partial charge is 0.283 e. The molecule has 0 fully saturated rings. The lowest BCUT2D eigenvalue weighted by Gasteiger charge is -2.19. The van der Waals surface area contributed by atoms with E-state index in [0.29, 0.717) is 22.5 Å². The van der Waals surface area contributed by atoms with Crippen LogP contribution in [0.4, 0.5) is 0 Å². The van der Waals surface area contributed by atoms with E-state index in [2.05, 4.69) is 29.9 Å². The van der Waals surface area contributed by atoms with Crippen LogP contribution >= 0.6 is 0 Å². The van der Waals surface area contributed by atoms with Gasteiger partial charge in [0.2, 0.25) is 0 Å². The van der Waals surface area contributed by atoms with Crippen LogP contribution in [0.2, 0.25) is 0 Å². The lowest BCUT2D eigenvalue weighted by atomic mass is 9.88. The van der Waals surface area contributed by atoms with Gasteiger partial charge in [-0.05, 0) is 21.5 Å². The summed E-state index contributed by atoms with van der Waals surface area (Å²) in [4.78, 5) is 87.2. The molecule has 12 nitrogen and oxygen atoms in total. The summed E-state index contributed by atoms with van der Waals surface area (Å²) in [6.07, 6.45) is 8.67. The summed E-state index contributed by atoms with van der Waals surface area (Å²) in [6.45, 7) is 0. The van der Waals surface area contributed by atoms with Gasteiger partial charge in [-0.2, -0.15) is 0 Å². The van der Waals surface area contributed by atoms with Gasteiger partial charge in [0.25, 0.3) is 23.1 Å². The van der Waals surface area contributed by atoms with Crippen LogP contribution in [0.15, 0.2) is 85.7 Å². The van der Waals surface area contributed by atoms with E-state index in [4.69, 9.17) is 9.97 Å². The number of nitrogens with zero attached hydrogens (tertiary/aromatic N) is 8. The molecule has 4 aromatic heterocycles. The van der Waals surface area contributed by atoms with Gasteiger partial charge in [0, 0.05) is 35.9 Å². The van der Waals surface area contributed by atoms with Crippen LogP contribution in [0.1, 0.15) is 42.0 Å². The van der Waals surface area contributed by atoms with Crippen LogP contribution in [-0.2, 0) is 0 Å². The van der Waals surface area contributed by atoms with Crippen LogP contribution in [0.5, 0.6) is 0 Å². The normalized spacial score (nSPS) is 13.4. The maximum absolute atomic E-state index is 13.2. The zero-order valence-corrected chi connectivity index (χ0v) is 23.3. The Morgan fingerprint density at radius 3 is 1.02 bits per heavy atom. The minimum Gasteiger partial charge on any atom is -0.283 e. The van der Waals surface area contributed by atoms with Gasteiger partial charge in [-0.3, -0.25) is 29.1 Å². The molecule has 0 N–H and O–H groups in total. The van der Waals surface area contributed by atoms with E-state index in [1.54, 1.807) is 12.4 Å². The predicted octanol–water partition coefficient (Wildman–Crippen LogP) is 4.58. The van der Waals surface area contributed by atoms with Crippen molar-refractivity contribution in [2.45, 2.75) is 0 Å². The van der Waals surface area contributed by atoms with Gasteiger partial charge in [-0.1, -0.05) is 48.5 Å². The summed E-state index contributed by atoms with van der Waals surface area (Å²) in [6, 6.07) is 15.1. The van der Waals surface area contributed by atoms with Gasteiger partial charge in [0.15, 0.2) is 0 Å². The van der Waals surface area contributed by atoms with Crippen LogP contribution in [-0.4, -0.2) is 63.0 Å². The first-order chi connectivity index (χ1) is 22.5. The highest BCUT2D eigenvalue weighted by molar-refractivity contribution is 6.52. The molecule has 0 amide bonds. The second kappa shape index (κ2) is 9.34. The van der Waals surface area contributed by atoms with Crippen molar-refractivity contribution in [3.8, 4) is 45.3 Å².